The van der Waals surface area contributed by atoms with Crippen LogP contribution in [0.2, 0.25) is 5.02 Å². The predicted octanol–water partition coefficient (Wildman–Crippen LogP) is 2.28. The Bertz CT molecular complexity index is 391. The molecule has 3 nitrogen and oxygen atoms in total. The Morgan fingerprint density at radius 3 is 2.31 bits per heavy atom. The Labute approximate surface area is 102 Å². The normalized spacial score (nSPS) is 10.6. The highest BCUT2D eigenvalue weighted by Gasteiger charge is 2.16. The summed E-state index contributed by atoms with van der Waals surface area (Å²) in [6.45, 7) is 7.14. The Morgan fingerprint density at radius 1 is 1.19 bits per heavy atom. The van der Waals surface area contributed by atoms with Crippen LogP contribution in [0.4, 0.5) is 0 Å². The fourth-order valence-electron chi connectivity index (χ4n) is 1.83. The molecule has 1 rings (SSSR count). The summed E-state index contributed by atoms with van der Waals surface area (Å²) in [5.74, 6) is 0.903. The first-order valence-electron chi connectivity index (χ1n) is 5.27. The highest BCUT2D eigenvalue weighted by atomic mass is 35.5. The Kier molecular flexibility index (Phi) is 4.59. The third kappa shape index (κ3) is 2.32. The monoisotopic (exact) mass is 242 g/mol. The maximum Gasteiger partial charge on any atom is 0.126 e. The molecule has 0 aliphatic carbocycles. The largest absolute Gasteiger partial charge is 0.496 e. The van der Waals surface area contributed by atoms with E-state index in [4.69, 9.17) is 22.1 Å². The number of rotatable bonds is 4. The first kappa shape index (κ1) is 13.3. The van der Waals surface area contributed by atoms with Gasteiger partial charge in [0.15, 0.2) is 0 Å². The highest BCUT2D eigenvalue weighted by molar-refractivity contribution is 6.32. The van der Waals surface area contributed by atoms with Crippen molar-refractivity contribution in [1.82, 2.24) is 5.32 Å². The number of nitrogens with two attached hydrogens (primary N) is 1. The van der Waals surface area contributed by atoms with Gasteiger partial charge in [0.1, 0.15) is 5.75 Å². The molecule has 3 N–H and O–H groups in total. The van der Waals surface area contributed by atoms with Gasteiger partial charge in [-0.05, 0) is 37.5 Å². The van der Waals surface area contributed by atoms with E-state index < -0.39 is 0 Å². The van der Waals surface area contributed by atoms with Crippen molar-refractivity contribution in [2.75, 3.05) is 13.8 Å². The molecule has 0 fully saturated rings. The lowest BCUT2D eigenvalue weighted by Gasteiger charge is -2.18. The van der Waals surface area contributed by atoms with Crippen LogP contribution in [0, 0.1) is 20.8 Å². The number of halogens is 1. The van der Waals surface area contributed by atoms with E-state index in [9.17, 15) is 0 Å². The molecule has 0 heterocycles. The second-order valence-corrected chi connectivity index (χ2v) is 4.21. The molecular formula is C12H19ClN2O. The SMILES string of the molecule is COc1c(C)c(C)c(Cl)c(C)c1CNCN. The van der Waals surface area contributed by atoms with Crippen molar-refractivity contribution >= 4 is 11.6 Å². The number of methoxy groups -OCH3 is 1. The smallest absolute Gasteiger partial charge is 0.126 e. The minimum atomic E-state index is 0.438. The average molecular weight is 243 g/mol. The first-order valence-corrected chi connectivity index (χ1v) is 5.65. The van der Waals surface area contributed by atoms with Gasteiger partial charge in [0.2, 0.25) is 0 Å². The van der Waals surface area contributed by atoms with E-state index in [0.29, 0.717) is 13.2 Å². The molecule has 0 amide bonds. The summed E-state index contributed by atoms with van der Waals surface area (Å²) in [4.78, 5) is 0. The molecule has 0 atom stereocenters. The van der Waals surface area contributed by atoms with E-state index in [2.05, 4.69) is 5.32 Å². The summed E-state index contributed by atoms with van der Waals surface area (Å²) in [6.07, 6.45) is 0. The van der Waals surface area contributed by atoms with Crippen LogP contribution in [0.1, 0.15) is 22.3 Å². The summed E-state index contributed by atoms with van der Waals surface area (Å²) in [6, 6.07) is 0. The van der Waals surface area contributed by atoms with Crippen LogP contribution < -0.4 is 15.8 Å². The molecule has 0 saturated heterocycles. The maximum absolute atomic E-state index is 6.28. The van der Waals surface area contributed by atoms with Gasteiger partial charge in [-0.2, -0.15) is 0 Å². The zero-order valence-electron chi connectivity index (χ0n) is 10.3. The Morgan fingerprint density at radius 2 is 1.81 bits per heavy atom. The molecule has 16 heavy (non-hydrogen) atoms. The van der Waals surface area contributed by atoms with E-state index >= 15 is 0 Å². The predicted molar refractivity (Wildman–Crippen MR) is 68.1 cm³/mol. The second-order valence-electron chi connectivity index (χ2n) is 3.83. The lowest BCUT2D eigenvalue weighted by atomic mass is 9.98. The maximum atomic E-state index is 6.28. The van der Waals surface area contributed by atoms with Gasteiger partial charge in [-0.1, -0.05) is 11.6 Å². The van der Waals surface area contributed by atoms with Crippen molar-refractivity contribution in [3.05, 3.63) is 27.3 Å². The van der Waals surface area contributed by atoms with Gasteiger partial charge in [0, 0.05) is 23.8 Å². The standard InChI is InChI=1S/C12H19ClN2O/c1-7-8(2)12(16-4)10(5-15-6-14)9(3)11(7)13/h15H,5-6,14H2,1-4H3. The Balaban J connectivity index is 3.33. The minimum absolute atomic E-state index is 0.438. The van der Waals surface area contributed by atoms with Gasteiger partial charge in [-0.25, -0.2) is 0 Å². The molecule has 0 spiro atoms. The third-order valence-electron chi connectivity index (χ3n) is 2.94. The molecule has 0 unspecified atom stereocenters. The van der Waals surface area contributed by atoms with Crippen LogP contribution in [0.25, 0.3) is 0 Å². The summed E-state index contributed by atoms with van der Waals surface area (Å²) in [7, 11) is 1.68. The van der Waals surface area contributed by atoms with Crippen LogP contribution in [-0.4, -0.2) is 13.8 Å². The van der Waals surface area contributed by atoms with E-state index in [-0.39, 0.29) is 0 Å². The van der Waals surface area contributed by atoms with Gasteiger partial charge in [-0.3, -0.25) is 0 Å². The first-order chi connectivity index (χ1) is 7.54. The lowest BCUT2D eigenvalue weighted by molar-refractivity contribution is 0.404. The summed E-state index contributed by atoms with van der Waals surface area (Å²) in [5.41, 5.74) is 9.75. The fraction of sp³-hybridized carbons (Fsp3) is 0.500. The van der Waals surface area contributed by atoms with Crippen molar-refractivity contribution in [1.29, 1.82) is 0 Å². The number of benzene rings is 1. The quantitative estimate of drug-likeness (QED) is 0.797. The van der Waals surface area contributed by atoms with Crippen LogP contribution in [0.5, 0.6) is 5.75 Å². The van der Waals surface area contributed by atoms with E-state index in [1.165, 1.54) is 0 Å². The van der Waals surface area contributed by atoms with Crippen molar-refractivity contribution in [3.63, 3.8) is 0 Å². The van der Waals surface area contributed by atoms with Crippen LogP contribution in [-0.2, 0) is 6.54 Å². The lowest BCUT2D eigenvalue weighted by Crippen LogP contribution is -2.22. The summed E-state index contributed by atoms with van der Waals surface area (Å²) >= 11 is 6.28. The van der Waals surface area contributed by atoms with Gasteiger partial charge < -0.3 is 15.8 Å². The van der Waals surface area contributed by atoms with E-state index in [1.807, 2.05) is 20.8 Å². The molecule has 0 saturated carbocycles. The number of ether oxygens (including phenoxy) is 1. The van der Waals surface area contributed by atoms with E-state index in [0.717, 1.165) is 33.0 Å². The molecule has 0 bridgehead atoms. The minimum Gasteiger partial charge on any atom is -0.496 e. The van der Waals surface area contributed by atoms with Crippen molar-refractivity contribution < 1.29 is 4.74 Å². The molecule has 0 radical (unpaired) electrons. The zero-order valence-corrected chi connectivity index (χ0v) is 11.0. The van der Waals surface area contributed by atoms with Gasteiger partial charge in [0.25, 0.3) is 0 Å². The fourth-order valence-corrected chi connectivity index (χ4v) is 2.09. The van der Waals surface area contributed by atoms with Gasteiger partial charge >= 0.3 is 0 Å². The summed E-state index contributed by atoms with van der Waals surface area (Å²) < 4.78 is 5.45. The van der Waals surface area contributed by atoms with Crippen molar-refractivity contribution in [2.45, 2.75) is 27.3 Å². The van der Waals surface area contributed by atoms with Crippen LogP contribution >= 0.6 is 11.6 Å². The molecular weight excluding hydrogens is 224 g/mol. The number of nitrogens with one attached hydrogen (secondary N) is 1. The Hall–Kier alpha value is -0.770. The topological polar surface area (TPSA) is 47.3 Å². The highest BCUT2D eigenvalue weighted by Crippen LogP contribution is 2.35. The molecule has 4 heteroatoms. The number of hydrogen-bond donors (Lipinski definition) is 2. The molecule has 1 aromatic carbocycles. The molecule has 0 aliphatic heterocycles. The molecule has 0 aliphatic rings. The second kappa shape index (κ2) is 5.53. The van der Waals surface area contributed by atoms with Crippen LogP contribution in [0.15, 0.2) is 0 Å². The van der Waals surface area contributed by atoms with Crippen molar-refractivity contribution in [2.24, 2.45) is 5.73 Å². The number of hydrogen-bond acceptors (Lipinski definition) is 3. The van der Waals surface area contributed by atoms with Crippen LogP contribution in [0.3, 0.4) is 0 Å². The zero-order chi connectivity index (χ0) is 12.3. The molecule has 90 valence electrons. The molecule has 0 aromatic heterocycles. The van der Waals surface area contributed by atoms with Gasteiger partial charge in [0.05, 0.1) is 7.11 Å². The average Bonchev–Trinajstić information content (AvgIpc) is 2.29. The van der Waals surface area contributed by atoms with E-state index in [1.54, 1.807) is 7.11 Å². The van der Waals surface area contributed by atoms with Crippen molar-refractivity contribution in [3.8, 4) is 5.75 Å². The molecule has 1 aromatic rings. The third-order valence-corrected chi connectivity index (χ3v) is 3.51. The summed E-state index contributed by atoms with van der Waals surface area (Å²) in [5, 5.41) is 3.91. The van der Waals surface area contributed by atoms with Gasteiger partial charge in [-0.15, -0.1) is 0 Å².